The van der Waals surface area contributed by atoms with Gasteiger partial charge in [0.1, 0.15) is 11.4 Å². The second-order valence-electron chi connectivity index (χ2n) is 12.4. The van der Waals surface area contributed by atoms with Crippen molar-refractivity contribution >= 4 is 16.3 Å². The lowest BCUT2D eigenvalue weighted by atomic mass is 9.50. The Morgan fingerprint density at radius 3 is 2.14 bits per heavy atom. The van der Waals surface area contributed by atoms with E-state index in [4.69, 9.17) is 5.73 Å². The molecule has 0 saturated carbocycles. The summed E-state index contributed by atoms with van der Waals surface area (Å²) in [5, 5.41) is 26.5. The Hall–Kier alpha value is -2.82. The van der Waals surface area contributed by atoms with Crippen LogP contribution in [-0.4, -0.2) is 40.9 Å². The molecule has 0 aromatic heterocycles. The normalized spacial score (nSPS) is 26.5. The molecule has 0 saturated heterocycles. The highest BCUT2D eigenvalue weighted by atomic mass is 16.3. The molecule has 0 bridgehead atoms. The Morgan fingerprint density at radius 1 is 1.06 bits per heavy atom. The number of nitrogens with zero attached hydrogens (tertiary/aromatic N) is 1. The molecule has 0 fully saturated rings. The minimum atomic E-state index is -1.51. The molecule has 2 aromatic carbocycles. The third-order valence-corrected chi connectivity index (χ3v) is 8.99. The monoisotopic (exact) mass is 486 g/mol. The Bertz CT molecular complexity index is 1400. The van der Waals surface area contributed by atoms with Crippen LogP contribution in [0, 0.1) is 26.2 Å². The van der Waals surface area contributed by atoms with Crippen LogP contribution < -0.4 is 5.73 Å². The fraction of sp³-hybridized carbons (Fsp3) is 0.438. The van der Waals surface area contributed by atoms with Gasteiger partial charge in [-0.25, -0.2) is 0 Å². The predicted octanol–water partition coefficient (Wildman–Crippen LogP) is 6.15. The highest BCUT2D eigenvalue weighted by Crippen LogP contribution is 2.61. The number of nitrogens with two attached hydrogens (primary N) is 1. The maximum atomic E-state index is 12.7. The van der Waals surface area contributed by atoms with Crippen molar-refractivity contribution in [2.45, 2.75) is 71.9 Å². The third-order valence-electron chi connectivity index (χ3n) is 8.99. The smallest absolute Gasteiger partial charge is 0.122 e. The van der Waals surface area contributed by atoms with Crippen molar-refractivity contribution in [3.63, 3.8) is 0 Å². The van der Waals surface area contributed by atoms with Crippen LogP contribution >= 0.6 is 0 Å². The summed E-state index contributed by atoms with van der Waals surface area (Å²) in [6.45, 7) is 27.9. The molecule has 2 aromatic rings. The first-order valence-corrected chi connectivity index (χ1v) is 12.6. The summed E-state index contributed by atoms with van der Waals surface area (Å²) in [6, 6.07) is 3.99. The molecule has 0 spiro atoms. The Kier molecular flexibility index (Phi) is 5.71. The zero-order chi connectivity index (χ0) is 27.3. The number of hydrogen-bond acceptors (Lipinski definition) is 4. The van der Waals surface area contributed by atoms with E-state index in [-0.39, 0.29) is 16.9 Å². The molecule has 3 atom stereocenters. The molecule has 4 N–H and O–H groups in total. The fourth-order valence-electron chi connectivity index (χ4n) is 7.44. The molecule has 2 aliphatic carbocycles. The summed E-state index contributed by atoms with van der Waals surface area (Å²) >= 11 is 0. The van der Waals surface area contributed by atoms with Crippen molar-refractivity contribution in [3.05, 3.63) is 87.9 Å². The molecular weight excluding hydrogens is 444 g/mol. The Labute approximate surface area is 216 Å². The number of hydrogen-bond donors (Lipinski definition) is 3. The van der Waals surface area contributed by atoms with Crippen LogP contribution in [0.15, 0.2) is 54.5 Å². The van der Waals surface area contributed by atoms with Gasteiger partial charge >= 0.3 is 0 Å². The number of aliphatic hydroxyl groups excluding tert-OH is 1. The standard InChI is InChI=1S/C32H42N2O2/c1-16-22-13-14-24(30(7,8)9)17(2)25(22)18(3)26-19(4)32(36)20(5)27(21(6)33)28(35)29(34(11)12)31(32,10)15-23(16)26/h13-14,29,35-36H,4-6,15,33H2,1-3,7-12H3/t29-,31+,32+/m1/s1. The molecule has 0 aliphatic heterocycles. The summed E-state index contributed by atoms with van der Waals surface area (Å²) in [5.41, 5.74) is 12.4. The lowest BCUT2D eigenvalue weighted by Gasteiger charge is -2.59. The van der Waals surface area contributed by atoms with Crippen LogP contribution in [0.5, 0.6) is 0 Å². The number of fused-ring (bicyclic) bond motifs is 3. The quantitative estimate of drug-likeness (QED) is 0.476. The van der Waals surface area contributed by atoms with Crippen molar-refractivity contribution in [3.8, 4) is 0 Å². The van der Waals surface area contributed by atoms with Crippen molar-refractivity contribution in [1.82, 2.24) is 4.90 Å². The highest BCUT2D eigenvalue weighted by molar-refractivity contribution is 5.99. The molecule has 4 heteroatoms. The van der Waals surface area contributed by atoms with Gasteiger partial charge in [-0.1, -0.05) is 59.6 Å². The van der Waals surface area contributed by atoms with Crippen LogP contribution in [0.4, 0.5) is 0 Å². The molecule has 0 amide bonds. The van der Waals surface area contributed by atoms with Gasteiger partial charge in [-0.05, 0) is 102 Å². The minimum absolute atomic E-state index is 0.0115. The van der Waals surface area contributed by atoms with E-state index >= 15 is 0 Å². The minimum Gasteiger partial charge on any atom is -0.510 e. The van der Waals surface area contributed by atoms with Crippen molar-refractivity contribution < 1.29 is 10.2 Å². The van der Waals surface area contributed by atoms with E-state index in [1.54, 1.807) is 0 Å². The second kappa shape index (κ2) is 7.84. The summed E-state index contributed by atoms with van der Waals surface area (Å²) in [7, 11) is 3.82. The predicted molar refractivity (Wildman–Crippen MR) is 152 cm³/mol. The van der Waals surface area contributed by atoms with E-state index in [2.05, 4.69) is 73.4 Å². The molecule has 0 heterocycles. The third kappa shape index (κ3) is 3.07. The largest absolute Gasteiger partial charge is 0.510 e. The topological polar surface area (TPSA) is 69.7 Å². The van der Waals surface area contributed by atoms with E-state index in [0.717, 1.165) is 11.1 Å². The first kappa shape index (κ1) is 26.2. The zero-order valence-electron chi connectivity index (χ0n) is 23.5. The van der Waals surface area contributed by atoms with Gasteiger partial charge in [-0.2, -0.15) is 0 Å². The summed E-state index contributed by atoms with van der Waals surface area (Å²) < 4.78 is 0. The maximum absolute atomic E-state index is 12.7. The lowest BCUT2D eigenvalue weighted by Crippen LogP contribution is -2.65. The Morgan fingerprint density at radius 2 is 1.64 bits per heavy atom. The van der Waals surface area contributed by atoms with E-state index in [0.29, 0.717) is 23.1 Å². The molecule has 4 nitrogen and oxygen atoms in total. The van der Waals surface area contributed by atoms with Gasteiger partial charge in [0.25, 0.3) is 0 Å². The van der Waals surface area contributed by atoms with Crippen molar-refractivity contribution in [2.24, 2.45) is 11.1 Å². The average molecular weight is 487 g/mol. The molecule has 4 rings (SSSR count). The molecule has 0 unspecified atom stereocenters. The SMILES string of the molecule is C=C(N)C1=C(O)[C@@H](N(C)C)[C@]2(C)Cc3c(c(C)c4c(C)c(C(C)(C)C)ccc4c3C)C(=C)[C@]2(O)C1=C. The highest BCUT2D eigenvalue weighted by Gasteiger charge is 2.63. The molecule has 2 aliphatic rings. The molecule has 192 valence electrons. The fourth-order valence-corrected chi connectivity index (χ4v) is 7.44. The summed E-state index contributed by atoms with van der Waals surface area (Å²) in [4.78, 5) is 1.94. The zero-order valence-corrected chi connectivity index (χ0v) is 23.5. The first-order chi connectivity index (χ1) is 16.4. The number of benzene rings is 2. The van der Waals surface area contributed by atoms with Gasteiger partial charge in [-0.15, -0.1) is 0 Å². The number of rotatable bonds is 2. The van der Waals surface area contributed by atoms with Gasteiger partial charge < -0.3 is 15.9 Å². The number of aliphatic hydroxyl groups is 2. The lowest BCUT2D eigenvalue weighted by molar-refractivity contribution is -0.0565. The number of likely N-dealkylation sites (N-methyl/N-ethyl adjacent to an activating group) is 1. The van der Waals surface area contributed by atoms with Crippen LogP contribution in [-0.2, 0) is 11.8 Å². The molecule has 0 radical (unpaired) electrons. The van der Waals surface area contributed by atoms with E-state index in [1.807, 2.05) is 25.9 Å². The van der Waals surface area contributed by atoms with Crippen LogP contribution in [0.25, 0.3) is 16.3 Å². The van der Waals surface area contributed by atoms with E-state index < -0.39 is 17.1 Å². The van der Waals surface area contributed by atoms with Crippen molar-refractivity contribution in [1.29, 1.82) is 0 Å². The van der Waals surface area contributed by atoms with Crippen LogP contribution in [0.3, 0.4) is 0 Å². The van der Waals surface area contributed by atoms with Gasteiger partial charge in [-0.3, -0.25) is 4.90 Å². The van der Waals surface area contributed by atoms with Gasteiger partial charge in [0.05, 0.1) is 6.04 Å². The first-order valence-electron chi connectivity index (χ1n) is 12.6. The van der Waals surface area contributed by atoms with E-state index in [9.17, 15) is 10.2 Å². The molecule has 36 heavy (non-hydrogen) atoms. The maximum Gasteiger partial charge on any atom is 0.122 e. The summed E-state index contributed by atoms with van der Waals surface area (Å²) in [5.74, 6) is 0.0988. The van der Waals surface area contributed by atoms with E-state index in [1.165, 1.54) is 33.0 Å². The van der Waals surface area contributed by atoms with Gasteiger partial charge in [0.15, 0.2) is 0 Å². The van der Waals surface area contributed by atoms with Crippen molar-refractivity contribution in [2.75, 3.05) is 14.1 Å². The van der Waals surface area contributed by atoms with Crippen LogP contribution in [0.2, 0.25) is 0 Å². The average Bonchev–Trinajstić information content (AvgIpc) is 2.73. The van der Waals surface area contributed by atoms with Crippen LogP contribution in [0.1, 0.15) is 61.1 Å². The summed E-state index contributed by atoms with van der Waals surface area (Å²) in [6.07, 6.45) is 0.552. The van der Waals surface area contributed by atoms with Gasteiger partial charge in [0, 0.05) is 16.7 Å². The second-order valence-corrected chi connectivity index (χ2v) is 12.4. The Balaban J connectivity index is 2.14. The number of allylic oxidation sites excluding steroid dienone is 1. The number of aryl methyl sites for hydroxylation is 3. The molecular formula is C32H42N2O2. The van der Waals surface area contributed by atoms with Gasteiger partial charge in [0.2, 0.25) is 0 Å².